The smallest absolute Gasteiger partial charge is 0.219 e. The molecule has 4 heterocycles. The number of nitrogens with one attached hydrogen (secondary N) is 1. The molecule has 32 heavy (non-hydrogen) atoms. The van der Waals surface area contributed by atoms with E-state index in [2.05, 4.69) is 43.7 Å². The number of likely N-dealkylation sites (N-methyl/N-ethyl adjacent to an activating group) is 1. The molecule has 0 radical (unpaired) electrons. The minimum atomic E-state index is 0.231. The number of hydrogen-bond donors (Lipinski definition) is 2. The number of nitrogens with zero attached hydrogens (tertiary/aromatic N) is 8. The highest BCUT2D eigenvalue weighted by molar-refractivity contribution is 5.88. The highest BCUT2D eigenvalue weighted by atomic mass is 16.5. The molecule has 3 N–H and O–H groups in total. The molecule has 1 saturated carbocycles. The Hall–Kier alpha value is -3.05. The summed E-state index contributed by atoms with van der Waals surface area (Å²) in [5.74, 6) is 3.16. The van der Waals surface area contributed by atoms with E-state index < -0.39 is 0 Å². The van der Waals surface area contributed by atoms with Crippen molar-refractivity contribution in [3.05, 3.63) is 12.4 Å². The topological polar surface area (TPSA) is 123 Å². The minimum Gasteiger partial charge on any atom is -0.378 e. The third kappa shape index (κ3) is 4.44. The summed E-state index contributed by atoms with van der Waals surface area (Å²) in [6.45, 7) is 5.50. The maximum Gasteiger partial charge on any atom is 0.219 e. The molecule has 0 aromatic carbocycles. The predicted molar refractivity (Wildman–Crippen MR) is 124 cm³/mol. The summed E-state index contributed by atoms with van der Waals surface area (Å²) in [4.78, 5) is 27.5. The minimum absolute atomic E-state index is 0.231. The molecule has 0 unspecified atom stereocenters. The van der Waals surface area contributed by atoms with E-state index in [1.54, 1.807) is 12.4 Å². The van der Waals surface area contributed by atoms with Crippen LogP contribution in [0, 0.1) is 5.92 Å². The van der Waals surface area contributed by atoms with Crippen molar-refractivity contribution in [2.24, 2.45) is 5.92 Å². The molecule has 1 aliphatic carbocycles. The van der Waals surface area contributed by atoms with Gasteiger partial charge in [-0.3, -0.25) is 4.57 Å². The molecule has 2 aliphatic rings. The molecular formula is C21H30N10O. The largest absolute Gasteiger partial charge is 0.378 e. The van der Waals surface area contributed by atoms with E-state index in [-0.39, 0.29) is 5.95 Å². The molecule has 1 aliphatic heterocycles. The van der Waals surface area contributed by atoms with Gasteiger partial charge in [0.15, 0.2) is 22.8 Å². The van der Waals surface area contributed by atoms with Crippen molar-refractivity contribution in [2.75, 3.05) is 69.4 Å². The van der Waals surface area contributed by atoms with Gasteiger partial charge in [-0.15, -0.1) is 0 Å². The zero-order chi connectivity index (χ0) is 22.1. The standard InChI is InChI=1S/C21H30N10O/c1-29(2)6-5-23-21-26-16-18(30-7-9-32-10-8-30)27-17(15-11-24-20(22)25-12-15)28-19(16)31(21)13-14-3-4-14/h11-12,14H,3-10,13H2,1-2H3,(H,23,26)(H2,22,24,25). The molecule has 0 atom stereocenters. The number of morpholine rings is 1. The first kappa shape index (κ1) is 20.8. The van der Waals surface area contributed by atoms with Crippen LogP contribution in [0.4, 0.5) is 17.7 Å². The zero-order valence-electron chi connectivity index (χ0n) is 18.7. The SMILES string of the molecule is CN(C)CCNc1nc2c(N3CCOCC3)nc(-c3cnc(N)nc3)nc2n1CC1CC1. The fraction of sp³-hybridized carbons (Fsp3) is 0.571. The number of hydrogen-bond acceptors (Lipinski definition) is 10. The van der Waals surface area contributed by atoms with Gasteiger partial charge in [0.2, 0.25) is 11.9 Å². The number of imidazole rings is 1. The Morgan fingerprint density at radius 1 is 1.12 bits per heavy atom. The molecule has 0 bridgehead atoms. The number of nitrogens with two attached hydrogens (primary N) is 1. The number of ether oxygens (including phenoxy) is 1. The fourth-order valence-electron chi connectivity index (χ4n) is 3.82. The van der Waals surface area contributed by atoms with Gasteiger partial charge in [-0.05, 0) is 32.9 Å². The van der Waals surface area contributed by atoms with Crippen LogP contribution in [-0.4, -0.2) is 87.9 Å². The first-order valence-corrected chi connectivity index (χ1v) is 11.2. The Bertz CT molecular complexity index is 1070. The summed E-state index contributed by atoms with van der Waals surface area (Å²) in [7, 11) is 4.13. The average molecular weight is 439 g/mol. The lowest BCUT2D eigenvalue weighted by atomic mass is 10.3. The van der Waals surface area contributed by atoms with E-state index in [1.165, 1.54) is 12.8 Å². The van der Waals surface area contributed by atoms with Gasteiger partial charge in [-0.25, -0.2) is 24.9 Å². The van der Waals surface area contributed by atoms with E-state index in [0.717, 1.165) is 61.2 Å². The maximum absolute atomic E-state index is 5.69. The van der Waals surface area contributed by atoms with Crippen LogP contribution in [0.25, 0.3) is 22.6 Å². The zero-order valence-corrected chi connectivity index (χ0v) is 18.7. The number of fused-ring (bicyclic) bond motifs is 1. The van der Waals surface area contributed by atoms with E-state index in [9.17, 15) is 0 Å². The Balaban J connectivity index is 1.62. The van der Waals surface area contributed by atoms with Crippen molar-refractivity contribution in [3.63, 3.8) is 0 Å². The van der Waals surface area contributed by atoms with Crippen LogP contribution in [0.2, 0.25) is 0 Å². The van der Waals surface area contributed by atoms with Crippen molar-refractivity contribution >= 4 is 28.9 Å². The van der Waals surface area contributed by atoms with Crippen molar-refractivity contribution in [2.45, 2.75) is 19.4 Å². The fourth-order valence-corrected chi connectivity index (χ4v) is 3.82. The normalized spacial score (nSPS) is 16.8. The lowest BCUT2D eigenvalue weighted by Gasteiger charge is -2.28. The Labute approximate surface area is 187 Å². The number of aromatic nitrogens is 6. The van der Waals surface area contributed by atoms with Gasteiger partial charge < -0.3 is 25.6 Å². The second kappa shape index (κ2) is 8.83. The summed E-state index contributed by atoms with van der Waals surface area (Å²) in [6.07, 6.45) is 5.84. The molecule has 0 amide bonds. The molecule has 0 spiro atoms. The van der Waals surface area contributed by atoms with Gasteiger partial charge in [0.1, 0.15) is 0 Å². The van der Waals surface area contributed by atoms with Crippen molar-refractivity contribution in [3.8, 4) is 11.4 Å². The molecular weight excluding hydrogens is 408 g/mol. The van der Waals surface area contributed by atoms with Gasteiger partial charge in [-0.1, -0.05) is 0 Å². The first-order chi connectivity index (χ1) is 15.6. The number of anilines is 3. The molecule has 11 heteroatoms. The van der Waals surface area contributed by atoms with Crippen molar-refractivity contribution in [1.29, 1.82) is 0 Å². The maximum atomic E-state index is 5.69. The van der Waals surface area contributed by atoms with Gasteiger partial charge in [0.25, 0.3) is 0 Å². The summed E-state index contributed by atoms with van der Waals surface area (Å²) in [5, 5.41) is 3.52. The first-order valence-electron chi connectivity index (χ1n) is 11.2. The summed E-state index contributed by atoms with van der Waals surface area (Å²) >= 11 is 0. The van der Waals surface area contributed by atoms with Crippen LogP contribution in [0.1, 0.15) is 12.8 Å². The summed E-state index contributed by atoms with van der Waals surface area (Å²) < 4.78 is 7.78. The van der Waals surface area contributed by atoms with E-state index >= 15 is 0 Å². The quantitative estimate of drug-likeness (QED) is 0.528. The van der Waals surface area contributed by atoms with Gasteiger partial charge >= 0.3 is 0 Å². The molecule has 3 aromatic heterocycles. The highest BCUT2D eigenvalue weighted by Gasteiger charge is 2.28. The lowest BCUT2D eigenvalue weighted by molar-refractivity contribution is 0.122. The molecule has 11 nitrogen and oxygen atoms in total. The van der Waals surface area contributed by atoms with Crippen LogP contribution in [-0.2, 0) is 11.3 Å². The Morgan fingerprint density at radius 2 is 1.88 bits per heavy atom. The monoisotopic (exact) mass is 438 g/mol. The van der Waals surface area contributed by atoms with Crippen LogP contribution < -0.4 is 16.0 Å². The third-order valence-corrected chi connectivity index (χ3v) is 5.80. The Kier molecular flexibility index (Phi) is 5.75. The van der Waals surface area contributed by atoms with Crippen LogP contribution in [0.15, 0.2) is 12.4 Å². The second-order valence-corrected chi connectivity index (χ2v) is 8.69. The predicted octanol–water partition coefficient (Wildman–Crippen LogP) is 1.09. The van der Waals surface area contributed by atoms with E-state index in [0.29, 0.717) is 25.0 Å². The lowest BCUT2D eigenvalue weighted by Crippen LogP contribution is -2.37. The van der Waals surface area contributed by atoms with Gasteiger partial charge in [0.05, 0.1) is 18.8 Å². The van der Waals surface area contributed by atoms with Gasteiger partial charge in [0, 0.05) is 45.1 Å². The van der Waals surface area contributed by atoms with E-state index in [1.807, 2.05) is 0 Å². The highest BCUT2D eigenvalue weighted by Crippen LogP contribution is 2.35. The average Bonchev–Trinajstić information content (AvgIpc) is 3.55. The van der Waals surface area contributed by atoms with Crippen LogP contribution >= 0.6 is 0 Å². The molecule has 2 fully saturated rings. The van der Waals surface area contributed by atoms with Gasteiger partial charge in [-0.2, -0.15) is 0 Å². The van der Waals surface area contributed by atoms with Crippen molar-refractivity contribution in [1.82, 2.24) is 34.4 Å². The molecule has 5 rings (SSSR count). The number of nitrogen functional groups attached to an aromatic ring is 1. The molecule has 170 valence electrons. The summed E-state index contributed by atoms with van der Waals surface area (Å²) in [5.41, 5.74) is 8.08. The van der Waals surface area contributed by atoms with Crippen LogP contribution in [0.5, 0.6) is 0 Å². The third-order valence-electron chi connectivity index (χ3n) is 5.80. The number of rotatable bonds is 8. The summed E-state index contributed by atoms with van der Waals surface area (Å²) in [6, 6.07) is 0. The van der Waals surface area contributed by atoms with E-state index in [4.69, 9.17) is 25.4 Å². The van der Waals surface area contributed by atoms with Crippen molar-refractivity contribution < 1.29 is 4.74 Å². The Morgan fingerprint density at radius 3 is 2.56 bits per heavy atom. The second-order valence-electron chi connectivity index (χ2n) is 8.69. The molecule has 1 saturated heterocycles. The van der Waals surface area contributed by atoms with Crippen LogP contribution in [0.3, 0.4) is 0 Å². The molecule has 3 aromatic rings.